The summed E-state index contributed by atoms with van der Waals surface area (Å²) in [7, 11) is 2.52. The Kier molecular flexibility index (Phi) is 9.30. The average Bonchev–Trinajstić information content (AvgIpc) is 2.89. The second kappa shape index (κ2) is 12.8. The molecule has 0 radical (unpaired) electrons. The van der Waals surface area contributed by atoms with Crippen LogP contribution >= 0.6 is 0 Å². The summed E-state index contributed by atoms with van der Waals surface area (Å²) >= 11 is 0. The number of aryl methyl sites for hydroxylation is 3. The lowest BCUT2D eigenvalue weighted by Crippen LogP contribution is -2.22. The predicted molar refractivity (Wildman–Crippen MR) is 151 cm³/mol. The zero-order valence-corrected chi connectivity index (χ0v) is 22.1. The zero-order valence-electron chi connectivity index (χ0n) is 22.1. The molecule has 0 aliphatic carbocycles. The third kappa shape index (κ3) is 8.12. The molecule has 0 aromatic heterocycles. The third-order valence-corrected chi connectivity index (χ3v) is 5.58. The van der Waals surface area contributed by atoms with E-state index in [2.05, 4.69) is 41.4 Å². The number of anilines is 6. The predicted octanol–water partition coefficient (Wildman–Crippen LogP) is 6.26. The van der Waals surface area contributed by atoms with Gasteiger partial charge in [-0.3, -0.25) is 10.6 Å². The largest absolute Gasteiger partial charge is 0.453 e. The first-order chi connectivity index (χ1) is 18.6. The van der Waals surface area contributed by atoms with Crippen LogP contribution in [0.2, 0.25) is 0 Å². The summed E-state index contributed by atoms with van der Waals surface area (Å²) in [5.41, 5.74) is 5.16. The molecule has 0 bridgehead atoms. The van der Waals surface area contributed by atoms with Crippen LogP contribution in [0.25, 0.3) is 0 Å². The van der Waals surface area contributed by atoms with E-state index in [9.17, 15) is 19.2 Å². The second-order valence-corrected chi connectivity index (χ2v) is 8.48. The topological polar surface area (TPSA) is 159 Å². The fourth-order valence-corrected chi connectivity index (χ4v) is 3.40. The molecule has 0 saturated heterocycles. The van der Waals surface area contributed by atoms with Gasteiger partial charge in [0, 0.05) is 34.1 Å². The van der Waals surface area contributed by atoms with Crippen molar-refractivity contribution in [3.05, 3.63) is 71.3 Å². The number of hydrogen-bond donors (Lipinski definition) is 6. The van der Waals surface area contributed by atoms with Crippen LogP contribution in [0.15, 0.2) is 54.6 Å². The molecule has 0 unspecified atom stereocenters. The first kappa shape index (κ1) is 28.3. The van der Waals surface area contributed by atoms with Gasteiger partial charge in [-0.2, -0.15) is 0 Å². The summed E-state index contributed by atoms with van der Waals surface area (Å²) in [6, 6.07) is 14.1. The number of carbonyl (C=O) groups is 4. The first-order valence-electron chi connectivity index (χ1n) is 11.8. The highest BCUT2D eigenvalue weighted by Crippen LogP contribution is 2.24. The van der Waals surface area contributed by atoms with Crippen LogP contribution in [0, 0.1) is 20.8 Å². The highest BCUT2D eigenvalue weighted by Gasteiger charge is 2.11. The maximum Gasteiger partial charge on any atom is 0.411 e. The normalized spacial score (nSPS) is 10.1. The lowest BCUT2D eigenvalue weighted by molar-refractivity contribution is 0.186. The number of amides is 6. The molecule has 0 aliphatic heterocycles. The first-order valence-corrected chi connectivity index (χ1v) is 11.8. The van der Waals surface area contributed by atoms with Crippen LogP contribution in [0.4, 0.5) is 53.3 Å². The molecule has 0 heterocycles. The lowest BCUT2D eigenvalue weighted by atomic mass is 10.1. The summed E-state index contributed by atoms with van der Waals surface area (Å²) in [6.07, 6.45) is -1.24. The standard InChI is InChI=1S/C27H30N6O6/c1-15-6-9-18(28-24(34)29-19-10-7-16(2)22(13-19)32-26(36)38-4)12-21(15)31-25(35)30-20-11-8-17(3)23(14-20)33-27(37)39-5/h6-14H,1-5H3,(H,32,36)(H,33,37)(H2,28,29,34)(H2,30,31,35). The Bertz CT molecular complexity index is 1410. The lowest BCUT2D eigenvalue weighted by Gasteiger charge is -2.14. The Morgan fingerprint density at radius 3 is 1.13 bits per heavy atom. The smallest absolute Gasteiger partial charge is 0.411 e. The van der Waals surface area contributed by atoms with E-state index >= 15 is 0 Å². The molecule has 0 saturated carbocycles. The van der Waals surface area contributed by atoms with Crippen LogP contribution in [0.3, 0.4) is 0 Å². The Balaban J connectivity index is 1.64. The number of hydrogen-bond acceptors (Lipinski definition) is 6. The second-order valence-electron chi connectivity index (χ2n) is 8.48. The Hall–Kier alpha value is -5.26. The van der Waals surface area contributed by atoms with Crippen molar-refractivity contribution in [1.82, 2.24) is 0 Å². The van der Waals surface area contributed by atoms with Gasteiger partial charge in [-0.25, -0.2) is 19.2 Å². The van der Waals surface area contributed by atoms with Gasteiger partial charge in [0.1, 0.15) is 0 Å². The van der Waals surface area contributed by atoms with E-state index in [0.717, 1.165) is 16.7 Å². The maximum absolute atomic E-state index is 12.7. The molecule has 6 amide bonds. The van der Waals surface area contributed by atoms with Gasteiger partial charge in [0.05, 0.1) is 14.2 Å². The summed E-state index contributed by atoms with van der Waals surface area (Å²) in [5.74, 6) is 0. The number of rotatable bonds is 6. The number of ether oxygens (including phenoxy) is 2. The molecule has 3 rings (SSSR count). The molecule has 0 atom stereocenters. The molecule has 3 aromatic rings. The monoisotopic (exact) mass is 534 g/mol. The number of nitrogens with one attached hydrogen (secondary N) is 6. The van der Waals surface area contributed by atoms with Gasteiger partial charge < -0.3 is 30.7 Å². The van der Waals surface area contributed by atoms with Gasteiger partial charge in [-0.05, 0) is 73.9 Å². The van der Waals surface area contributed by atoms with Crippen LogP contribution in [-0.2, 0) is 9.47 Å². The fraction of sp³-hybridized carbons (Fsp3) is 0.185. The van der Waals surface area contributed by atoms with E-state index in [1.165, 1.54) is 14.2 Å². The molecular weight excluding hydrogens is 504 g/mol. The molecule has 0 fully saturated rings. The van der Waals surface area contributed by atoms with Crippen molar-refractivity contribution in [3.63, 3.8) is 0 Å². The molecule has 6 N–H and O–H groups in total. The number of carbonyl (C=O) groups excluding carboxylic acids is 4. The SMILES string of the molecule is COC(=O)Nc1cc(NC(=O)Nc2ccc(C)c(NC(=O)Nc3ccc(C)c(NC(=O)OC)c3)c2)ccc1C. The van der Waals surface area contributed by atoms with Gasteiger partial charge in [0.2, 0.25) is 0 Å². The van der Waals surface area contributed by atoms with Gasteiger partial charge in [-0.1, -0.05) is 18.2 Å². The van der Waals surface area contributed by atoms with E-state index in [0.29, 0.717) is 34.1 Å². The van der Waals surface area contributed by atoms with E-state index in [1.807, 2.05) is 20.8 Å². The Morgan fingerprint density at radius 2 is 0.795 bits per heavy atom. The van der Waals surface area contributed by atoms with Crippen LogP contribution in [-0.4, -0.2) is 38.5 Å². The summed E-state index contributed by atoms with van der Waals surface area (Å²) in [5, 5.41) is 16.1. The van der Waals surface area contributed by atoms with Crippen LogP contribution < -0.4 is 31.9 Å². The summed E-state index contributed by atoms with van der Waals surface area (Å²) in [6.45, 7) is 5.43. The summed E-state index contributed by atoms with van der Waals surface area (Å²) in [4.78, 5) is 48.4. The Morgan fingerprint density at radius 1 is 0.487 bits per heavy atom. The highest BCUT2D eigenvalue weighted by atomic mass is 16.5. The number of benzene rings is 3. The highest BCUT2D eigenvalue weighted by molar-refractivity contribution is 6.03. The van der Waals surface area contributed by atoms with Crippen LogP contribution in [0.1, 0.15) is 16.7 Å². The summed E-state index contributed by atoms with van der Waals surface area (Å²) < 4.78 is 9.23. The van der Waals surface area contributed by atoms with Crippen molar-refractivity contribution in [2.45, 2.75) is 20.8 Å². The fourth-order valence-electron chi connectivity index (χ4n) is 3.40. The molecule has 0 aliphatic rings. The minimum atomic E-state index is -0.621. The molecule has 204 valence electrons. The molecule has 0 spiro atoms. The van der Waals surface area contributed by atoms with Gasteiger partial charge in [0.15, 0.2) is 0 Å². The average molecular weight is 535 g/mol. The Labute approximate surface area is 225 Å². The van der Waals surface area contributed by atoms with Crippen molar-refractivity contribution in [3.8, 4) is 0 Å². The number of methoxy groups -OCH3 is 2. The van der Waals surface area contributed by atoms with E-state index in [-0.39, 0.29) is 0 Å². The maximum atomic E-state index is 12.7. The molecule has 39 heavy (non-hydrogen) atoms. The van der Waals surface area contributed by atoms with E-state index in [4.69, 9.17) is 0 Å². The van der Waals surface area contributed by atoms with E-state index < -0.39 is 24.2 Å². The molecule has 12 heteroatoms. The van der Waals surface area contributed by atoms with Crippen molar-refractivity contribution in [1.29, 1.82) is 0 Å². The van der Waals surface area contributed by atoms with Gasteiger partial charge in [-0.15, -0.1) is 0 Å². The van der Waals surface area contributed by atoms with Crippen molar-refractivity contribution in [2.75, 3.05) is 46.1 Å². The van der Waals surface area contributed by atoms with Crippen molar-refractivity contribution < 1.29 is 28.7 Å². The van der Waals surface area contributed by atoms with Crippen molar-refractivity contribution >= 4 is 58.4 Å². The zero-order chi connectivity index (χ0) is 28.5. The van der Waals surface area contributed by atoms with Gasteiger partial charge >= 0.3 is 24.2 Å². The number of urea groups is 2. The minimum Gasteiger partial charge on any atom is -0.453 e. The third-order valence-electron chi connectivity index (χ3n) is 5.58. The van der Waals surface area contributed by atoms with Crippen LogP contribution in [0.5, 0.6) is 0 Å². The molecule has 12 nitrogen and oxygen atoms in total. The minimum absolute atomic E-state index is 0.438. The van der Waals surface area contributed by atoms with Crippen molar-refractivity contribution in [2.24, 2.45) is 0 Å². The van der Waals surface area contributed by atoms with Gasteiger partial charge in [0.25, 0.3) is 0 Å². The van der Waals surface area contributed by atoms with E-state index in [1.54, 1.807) is 54.6 Å². The molecular formula is C27H30N6O6. The molecule has 3 aromatic carbocycles. The quantitative estimate of drug-likeness (QED) is 0.219.